The van der Waals surface area contributed by atoms with E-state index in [4.69, 9.17) is 16.3 Å². The van der Waals surface area contributed by atoms with E-state index in [0.29, 0.717) is 15.0 Å². The zero-order valence-corrected chi connectivity index (χ0v) is 19.4. The van der Waals surface area contributed by atoms with Gasteiger partial charge < -0.3 is 9.84 Å². The molecule has 0 bridgehead atoms. The van der Waals surface area contributed by atoms with Crippen LogP contribution in [0.15, 0.2) is 24.3 Å². The topological polar surface area (TPSA) is 63.6 Å². The van der Waals surface area contributed by atoms with Gasteiger partial charge in [-0.05, 0) is 75.3 Å². The lowest BCUT2D eigenvalue weighted by atomic mass is 9.86. The van der Waals surface area contributed by atoms with Crippen molar-refractivity contribution in [3.8, 4) is 5.75 Å². The largest absolute Gasteiger partial charge is 0.478 e. The first kappa shape index (κ1) is 23.4. The van der Waals surface area contributed by atoms with Crippen LogP contribution in [-0.2, 0) is 11.2 Å². The van der Waals surface area contributed by atoms with E-state index in [1.54, 1.807) is 26.0 Å². The fourth-order valence-electron chi connectivity index (χ4n) is 3.22. The molecule has 0 amide bonds. The minimum atomic E-state index is -1.29. The van der Waals surface area contributed by atoms with Crippen molar-refractivity contribution in [2.24, 2.45) is 11.8 Å². The highest BCUT2D eigenvalue weighted by Gasteiger charge is 2.30. The molecule has 1 N–H and O–H groups in total. The third-order valence-electron chi connectivity index (χ3n) is 5.36. The van der Waals surface area contributed by atoms with Crippen LogP contribution in [-0.4, -0.2) is 22.5 Å². The highest BCUT2D eigenvalue weighted by molar-refractivity contribution is 7.18. The molecular formula is C23H29ClO4S. The van der Waals surface area contributed by atoms with Gasteiger partial charge in [0.15, 0.2) is 11.4 Å². The van der Waals surface area contributed by atoms with E-state index in [1.165, 1.54) is 11.3 Å². The number of rotatable bonds is 9. The van der Waals surface area contributed by atoms with Crippen LogP contribution in [0.3, 0.4) is 0 Å². The smallest absolute Gasteiger partial charge is 0.347 e. The molecule has 0 fully saturated rings. The number of carbonyl (C=O) groups is 2. The number of hydrogen-bond donors (Lipinski definition) is 1. The maximum Gasteiger partial charge on any atom is 0.347 e. The summed E-state index contributed by atoms with van der Waals surface area (Å²) in [6, 6.07) is 7.64. The second kappa shape index (κ2) is 9.31. The zero-order chi connectivity index (χ0) is 21.9. The summed E-state index contributed by atoms with van der Waals surface area (Å²) in [5, 5.41) is 9.31. The van der Waals surface area contributed by atoms with Crippen LogP contribution >= 0.6 is 22.9 Å². The van der Waals surface area contributed by atoms with E-state index in [-0.39, 0.29) is 17.6 Å². The number of halogens is 1. The maximum atomic E-state index is 12.6. The number of aliphatic carboxylic acids is 1. The van der Waals surface area contributed by atoms with Gasteiger partial charge in [-0.15, -0.1) is 11.3 Å². The molecule has 6 heteroatoms. The number of carbonyl (C=O) groups excluding carboxylic acids is 1. The predicted octanol–water partition coefficient (Wildman–Crippen LogP) is 6.35. The highest BCUT2D eigenvalue weighted by atomic mass is 35.5. The number of hydrogen-bond acceptors (Lipinski definition) is 4. The number of thiophene rings is 1. The Morgan fingerprint density at radius 2 is 1.76 bits per heavy atom. The Morgan fingerprint density at radius 1 is 1.17 bits per heavy atom. The molecule has 1 aromatic carbocycles. The van der Waals surface area contributed by atoms with Crippen molar-refractivity contribution < 1.29 is 19.4 Å². The molecule has 29 heavy (non-hydrogen) atoms. The Bertz CT molecular complexity index is 877. The first-order valence-corrected chi connectivity index (χ1v) is 10.9. The number of carboxylic acids is 1. The Labute approximate surface area is 181 Å². The molecule has 0 spiro atoms. The predicted molar refractivity (Wildman–Crippen MR) is 119 cm³/mol. The van der Waals surface area contributed by atoms with Crippen LogP contribution in [0.2, 0.25) is 4.34 Å². The van der Waals surface area contributed by atoms with Gasteiger partial charge in [-0.1, -0.05) is 37.6 Å². The van der Waals surface area contributed by atoms with Gasteiger partial charge in [-0.2, -0.15) is 0 Å². The van der Waals surface area contributed by atoms with Crippen molar-refractivity contribution in [1.82, 2.24) is 0 Å². The molecule has 2 rings (SSSR count). The third kappa shape index (κ3) is 5.83. The van der Waals surface area contributed by atoms with Crippen LogP contribution in [0.5, 0.6) is 5.75 Å². The van der Waals surface area contributed by atoms with Gasteiger partial charge in [0.25, 0.3) is 0 Å². The van der Waals surface area contributed by atoms with E-state index in [0.717, 1.165) is 29.5 Å². The average Bonchev–Trinajstić information content (AvgIpc) is 3.07. The molecule has 0 saturated heterocycles. The fraction of sp³-hybridized carbons (Fsp3) is 0.478. The maximum absolute atomic E-state index is 12.6. The molecule has 2 atom stereocenters. The molecule has 1 heterocycles. The fourth-order valence-corrected chi connectivity index (χ4v) is 4.30. The van der Waals surface area contributed by atoms with Crippen molar-refractivity contribution in [3.05, 3.63) is 50.2 Å². The molecule has 2 aromatic rings. The summed E-state index contributed by atoms with van der Waals surface area (Å²) in [4.78, 5) is 24.7. The summed E-state index contributed by atoms with van der Waals surface area (Å²) < 4.78 is 6.40. The van der Waals surface area contributed by atoms with E-state index in [9.17, 15) is 14.7 Å². The third-order valence-corrected chi connectivity index (χ3v) is 6.61. The standard InChI is InChI=1S/C23H29ClO4S/c1-13(16(4)20(25)18-9-10-19(24)29-18)7-8-17-11-14(2)21(15(3)12-17)28-23(5,6)22(26)27/h9-13,16H,7-8H2,1-6H3,(H,26,27). The summed E-state index contributed by atoms with van der Waals surface area (Å²) in [6.07, 6.45) is 1.72. The molecule has 0 aliphatic carbocycles. The SMILES string of the molecule is Cc1cc(CCC(C)C(C)C(=O)c2ccc(Cl)s2)cc(C)c1OC(C)(C)C(=O)O. The normalized spacial score (nSPS) is 13.8. The second-order valence-electron chi connectivity index (χ2n) is 8.25. The van der Waals surface area contributed by atoms with Crippen molar-refractivity contribution in [3.63, 3.8) is 0 Å². The number of carboxylic acid groups (broad SMARTS) is 1. The first-order chi connectivity index (χ1) is 13.4. The van der Waals surface area contributed by atoms with Crippen molar-refractivity contribution in [2.75, 3.05) is 0 Å². The second-order valence-corrected chi connectivity index (χ2v) is 9.96. The van der Waals surface area contributed by atoms with Gasteiger partial charge in [0.05, 0.1) is 9.21 Å². The van der Waals surface area contributed by atoms with Gasteiger partial charge in [0.2, 0.25) is 0 Å². The molecule has 2 unspecified atom stereocenters. The van der Waals surface area contributed by atoms with Gasteiger partial charge in [-0.25, -0.2) is 4.79 Å². The van der Waals surface area contributed by atoms with Crippen LogP contribution in [0, 0.1) is 25.7 Å². The first-order valence-electron chi connectivity index (χ1n) is 9.74. The molecular weight excluding hydrogens is 408 g/mol. The van der Waals surface area contributed by atoms with Crippen LogP contribution in [0.4, 0.5) is 0 Å². The van der Waals surface area contributed by atoms with Crippen LogP contribution < -0.4 is 4.74 Å². The Hall–Kier alpha value is -1.85. The molecule has 0 radical (unpaired) electrons. The number of ketones is 1. The molecule has 0 saturated carbocycles. The minimum Gasteiger partial charge on any atom is -0.478 e. The van der Waals surface area contributed by atoms with Crippen molar-refractivity contribution in [1.29, 1.82) is 0 Å². The van der Waals surface area contributed by atoms with E-state index >= 15 is 0 Å². The summed E-state index contributed by atoms with van der Waals surface area (Å²) in [5.74, 6) is -0.0923. The van der Waals surface area contributed by atoms with Gasteiger partial charge in [-0.3, -0.25) is 4.79 Å². The molecule has 0 aliphatic rings. The number of benzene rings is 1. The van der Waals surface area contributed by atoms with E-state index in [1.807, 2.05) is 32.9 Å². The number of Topliss-reactive ketones (excluding diaryl/α,β-unsaturated/α-hetero) is 1. The Balaban J connectivity index is 2.05. The Morgan fingerprint density at radius 3 is 2.24 bits per heavy atom. The molecule has 0 aliphatic heterocycles. The number of ether oxygens (including phenoxy) is 1. The highest BCUT2D eigenvalue weighted by Crippen LogP contribution is 2.31. The van der Waals surface area contributed by atoms with Crippen molar-refractivity contribution >= 4 is 34.7 Å². The van der Waals surface area contributed by atoms with E-state index in [2.05, 4.69) is 6.92 Å². The lowest BCUT2D eigenvalue weighted by molar-refractivity contribution is -0.152. The van der Waals surface area contributed by atoms with Crippen LogP contribution in [0.25, 0.3) is 0 Å². The molecule has 158 valence electrons. The van der Waals surface area contributed by atoms with Gasteiger partial charge >= 0.3 is 5.97 Å². The number of aryl methyl sites for hydroxylation is 3. The zero-order valence-electron chi connectivity index (χ0n) is 17.8. The minimum absolute atomic E-state index is 0.0779. The van der Waals surface area contributed by atoms with Gasteiger partial charge in [0.1, 0.15) is 5.75 Å². The lowest BCUT2D eigenvalue weighted by Gasteiger charge is -2.25. The Kier molecular flexibility index (Phi) is 7.52. The van der Waals surface area contributed by atoms with Crippen molar-refractivity contribution in [2.45, 2.75) is 60.0 Å². The summed E-state index contributed by atoms with van der Waals surface area (Å²) in [5.41, 5.74) is 1.70. The summed E-state index contributed by atoms with van der Waals surface area (Å²) in [6.45, 7) is 11.0. The lowest BCUT2D eigenvalue weighted by Crippen LogP contribution is -2.38. The summed E-state index contributed by atoms with van der Waals surface area (Å²) in [7, 11) is 0. The molecule has 1 aromatic heterocycles. The van der Waals surface area contributed by atoms with E-state index < -0.39 is 11.6 Å². The molecule has 4 nitrogen and oxygen atoms in total. The van der Waals surface area contributed by atoms with Crippen LogP contribution in [0.1, 0.15) is 60.5 Å². The quantitative estimate of drug-likeness (QED) is 0.465. The van der Waals surface area contributed by atoms with Gasteiger partial charge in [0, 0.05) is 5.92 Å². The monoisotopic (exact) mass is 436 g/mol. The summed E-state index contributed by atoms with van der Waals surface area (Å²) >= 11 is 7.28. The average molecular weight is 437 g/mol.